The van der Waals surface area contributed by atoms with Gasteiger partial charge in [-0.3, -0.25) is 4.57 Å². The summed E-state index contributed by atoms with van der Waals surface area (Å²) in [6.45, 7) is 3.92. The summed E-state index contributed by atoms with van der Waals surface area (Å²) in [5, 5.41) is 20.4. The first-order valence-electron chi connectivity index (χ1n) is 7.27. The van der Waals surface area contributed by atoms with Gasteiger partial charge in [0.15, 0.2) is 17.7 Å². The van der Waals surface area contributed by atoms with Gasteiger partial charge in [0.25, 0.3) is 0 Å². The van der Waals surface area contributed by atoms with Crippen molar-refractivity contribution in [1.82, 2.24) is 19.5 Å². The summed E-state index contributed by atoms with van der Waals surface area (Å²) in [5.41, 5.74) is 12.0. The van der Waals surface area contributed by atoms with Crippen molar-refractivity contribution in [2.75, 3.05) is 18.1 Å². The highest BCUT2D eigenvalue weighted by Gasteiger charge is 2.44. The van der Waals surface area contributed by atoms with Crippen LogP contribution in [0, 0.1) is 0 Å². The molecule has 1 fully saturated rings. The van der Waals surface area contributed by atoms with Gasteiger partial charge in [-0.2, -0.15) is 9.97 Å². The van der Waals surface area contributed by atoms with Crippen LogP contribution in [0.1, 0.15) is 20.1 Å². The number of aliphatic hydroxyl groups is 2. The van der Waals surface area contributed by atoms with Crippen LogP contribution in [0.25, 0.3) is 11.2 Å². The number of hydrogen-bond donors (Lipinski definition) is 4. The van der Waals surface area contributed by atoms with Gasteiger partial charge < -0.3 is 31.2 Å². The van der Waals surface area contributed by atoms with Crippen LogP contribution in [0.2, 0.25) is 0 Å². The van der Waals surface area contributed by atoms with Gasteiger partial charge in [-0.15, -0.1) is 0 Å². The molecule has 0 bridgehead atoms. The zero-order valence-electron chi connectivity index (χ0n) is 12.8. The van der Waals surface area contributed by atoms with Crippen LogP contribution in [0.5, 0.6) is 0 Å². The van der Waals surface area contributed by atoms with Gasteiger partial charge in [-0.25, -0.2) is 4.98 Å². The molecule has 6 N–H and O–H groups in total. The van der Waals surface area contributed by atoms with E-state index in [1.165, 1.54) is 10.9 Å². The summed E-state index contributed by atoms with van der Waals surface area (Å²) in [7, 11) is 0. The molecule has 126 valence electrons. The molecule has 1 aliphatic heterocycles. The molecular formula is C13H20N6O4. The minimum atomic E-state index is -1.16. The Morgan fingerprint density at radius 3 is 2.74 bits per heavy atom. The molecule has 23 heavy (non-hydrogen) atoms. The lowest BCUT2D eigenvalue weighted by Crippen LogP contribution is -2.34. The van der Waals surface area contributed by atoms with Gasteiger partial charge in [0.1, 0.15) is 23.8 Å². The smallest absolute Gasteiger partial charge is 0.224 e. The molecule has 0 aliphatic carbocycles. The maximum absolute atomic E-state index is 10.3. The third-order valence-corrected chi connectivity index (χ3v) is 3.67. The minimum Gasteiger partial charge on any atom is -0.387 e. The van der Waals surface area contributed by atoms with Crippen LogP contribution in [-0.2, 0) is 9.47 Å². The van der Waals surface area contributed by atoms with Crippen molar-refractivity contribution in [3.63, 3.8) is 0 Å². The van der Waals surface area contributed by atoms with Gasteiger partial charge in [-0.1, -0.05) is 0 Å². The average molecular weight is 324 g/mol. The predicted molar refractivity (Wildman–Crippen MR) is 81.2 cm³/mol. The van der Waals surface area contributed by atoms with E-state index in [2.05, 4.69) is 15.0 Å². The number of fused-ring (bicyclic) bond motifs is 1. The van der Waals surface area contributed by atoms with E-state index in [0.29, 0.717) is 11.2 Å². The molecule has 0 amide bonds. The molecule has 0 radical (unpaired) electrons. The van der Waals surface area contributed by atoms with Crippen molar-refractivity contribution < 1.29 is 19.7 Å². The van der Waals surface area contributed by atoms with E-state index in [0.717, 1.165) is 0 Å². The number of rotatable bonds is 4. The number of nitrogen functional groups attached to an aromatic ring is 2. The molecule has 0 spiro atoms. The highest BCUT2D eigenvalue weighted by molar-refractivity contribution is 5.82. The first-order valence-corrected chi connectivity index (χ1v) is 7.27. The topological polar surface area (TPSA) is 155 Å². The number of hydrogen-bond acceptors (Lipinski definition) is 9. The van der Waals surface area contributed by atoms with Crippen molar-refractivity contribution in [3.8, 4) is 0 Å². The van der Waals surface area contributed by atoms with E-state index in [-0.39, 0.29) is 24.5 Å². The van der Waals surface area contributed by atoms with Gasteiger partial charge in [0.2, 0.25) is 5.95 Å². The first kappa shape index (κ1) is 15.9. The van der Waals surface area contributed by atoms with E-state index in [1.807, 2.05) is 13.8 Å². The molecule has 0 saturated carbocycles. The second-order valence-electron chi connectivity index (χ2n) is 5.72. The van der Waals surface area contributed by atoms with Crippen molar-refractivity contribution in [3.05, 3.63) is 6.33 Å². The first-order chi connectivity index (χ1) is 10.9. The lowest BCUT2D eigenvalue weighted by atomic mass is 10.1. The molecular weight excluding hydrogens is 304 g/mol. The normalized spacial score (nSPS) is 28.0. The molecule has 4 atom stereocenters. The maximum atomic E-state index is 10.3. The number of nitrogens with zero attached hydrogens (tertiary/aromatic N) is 4. The zero-order valence-corrected chi connectivity index (χ0v) is 12.8. The van der Waals surface area contributed by atoms with E-state index < -0.39 is 24.5 Å². The summed E-state index contributed by atoms with van der Waals surface area (Å²) in [6.07, 6.45) is -2.38. The van der Waals surface area contributed by atoms with Crippen molar-refractivity contribution in [2.24, 2.45) is 0 Å². The Labute approximate surface area is 132 Å². The van der Waals surface area contributed by atoms with Crippen LogP contribution >= 0.6 is 0 Å². The second-order valence-corrected chi connectivity index (χ2v) is 5.72. The summed E-state index contributed by atoms with van der Waals surface area (Å²) in [6, 6.07) is 0. The minimum absolute atomic E-state index is 0.00974. The van der Waals surface area contributed by atoms with Crippen LogP contribution in [0.4, 0.5) is 11.8 Å². The van der Waals surface area contributed by atoms with Crippen LogP contribution in [0.15, 0.2) is 6.33 Å². The fourth-order valence-corrected chi connectivity index (χ4v) is 2.53. The highest BCUT2D eigenvalue weighted by atomic mass is 16.6. The van der Waals surface area contributed by atoms with Crippen molar-refractivity contribution >= 4 is 22.9 Å². The zero-order chi connectivity index (χ0) is 16.7. The monoisotopic (exact) mass is 324 g/mol. The van der Waals surface area contributed by atoms with Crippen molar-refractivity contribution in [1.29, 1.82) is 0 Å². The van der Waals surface area contributed by atoms with Gasteiger partial charge in [0, 0.05) is 0 Å². The molecule has 2 aromatic rings. The van der Waals surface area contributed by atoms with E-state index in [1.54, 1.807) is 0 Å². The molecule has 3 rings (SSSR count). The molecule has 10 heteroatoms. The van der Waals surface area contributed by atoms with Crippen LogP contribution < -0.4 is 11.5 Å². The molecule has 2 aromatic heterocycles. The van der Waals surface area contributed by atoms with Gasteiger partial charge in [0.05, 0.1) is 19.0 Å². The Hall–Kier alpha value is -2.01. The fraction of sp³-hybridized carbons (Fsp3) is 0.615. The SMILES string of the molecule is CC(C)OC[C@H]1O[C@@H](n2cnc3c(N)nc(N)nc32)[C@H](O)[C@@H]1O. The fourth-order valence-electron chi connectivity index (χ4n) is 2.53. The third-order valence-electron chi connectivity index (χ3n) is 3.67. The number of nitrogens with two attached hydrogens (primary N) is 2. The maximum Gasteiger partial charge on any atom is 0.224 e. The number of aromatic nitrogens is 4. The molecule has 0 aromatic carbocycles. The molecule has 3 heterocycles. The number of ether oxygens (including phenoxy) is 2. The largest absolute Gasteiger partial charge is 0.387 e. The molecule has 1 saturated heterocycles. The molecule has 10 nitrogen and oxygen atoms in total. The Bertz CT molecular complexity index is 705. The predicted octanol–water partition coefficient (Wildman–Crippen LogP) is -0.965. The Morgan fingerprint density at radius 1 is 1.30 bits per heavy atom. The number of anilines is 2. The number of aliphatic hydroxyl groups excluding tert-OH is 2. The lowest BCUT2D eigenvalue weighted by Gasteiger charge is -2.17. The van der Waals surface area contributed by atoms with Gasteiger partial charge in [-0.05, 0) is 13.8 Å². The number of imidazole rings is 1. The van der Waals surface area contributed by atoms with E-state index in [9.17, 15) is 10.2 Å². The van der Waals surface area contributed by atoms with Gasteiger partial charge >= 0.3 is 0 Å². The van der Waals surface area contributed by atoms with Crippen LogP contribution in [0.3, 0.4) is 0 Å². The van der Waals surface area contributed by atoms with E-state index in [4.69, 9.17) is 20.9 Å². The second kappa shape index (κ2) is 5.89. The summed E-state index contributed by atoms with van der Waals surface area (Å²) in [5.74, 6) is 0.128. The average Bonchev–Trinajstić information content (AvgIpc) is 3.00. The molecule has 1 aliphatic rings. The summed E-state index contributed by atoms with van der Waals surface area (Å²) >= 11 is 0. The Balaban J connectivity index is 1.90. The lowest BCUT2D eigenvalue weighted by molar-refractivity contribution is -0.0754. The van der Waals surface area contributed by atoms with Crippen LogP contribution in [-0.4, -0.2) is 60.8 Å². The Kier molecular flexibility index (Phi) is 4.06. The van der Waals surface area contributed by atoms with Crippen molar-refractivity contribution in [2.45, 2.75) is 44.5 Å². The standard InChI is InChI=1S/C13H20N6O4/c1-5(2)22-3-6-8(20)9(21)12(23-6)19-4-16-7-10(14)17-13(15)18-11(7)19/h4-6,8-9,12,20-21H,3H2,1-2H3,(H4,14,15,17,18)/t6-,8-,9-,12-/m1/s1. The molecule has 0 unspecified atom stereocenters. The highest BCUT2D eigenvalue weighted by Crippen LogP contribution is 2.32. The summed E-state index contributed by atoms with van der Waals surface area (Å²) < 4.78 is 12.7. The third kappa shape index (κ3) is 2.81. The Morgan fingerprint density at radius 2 is 2.04 bits per heavy atom. The van der Waals surface area contributed by atoms with E-state index >= 15 is 0 Å². The quantitative estimate of drug-likeness (QED) is 0.556. The summed E-state index contributed by atoms with van der Waals surface area (Å²) in [4.78, 5) is 12.0.